The Morgan fingerprint density at radius 1 is 1.15 bits per heavy atom. The Balaban J connectivity index is 1.88. The largest absolute Gasteiger partial charge is 0.382 e. The van der Waals surface area contributed by atoms with E-state index in [1.807, 2.05) is 12.1 Å². The van der Waals surface area contributed by atoms with E-state index >= 15 is 0 Å². The van der Waals surface area contributed by atoms with E-state index in [1.165, 1.54) is 6.20 Å². The number of nitrogens with two attached hydrogens (primary N) is 1. The van der Waals surface area contributed by atoms with Crippen molar-refractivity contribution in [2.24, 2.45) is 5.92 Å². The number of anilines is 2. The summed E-state index contributed by atoms with van der Waals surface area (Å²) in [5.74, 6) is 1.54. The zero-order chi connectivity index (χ0) is 18.9. The first kappa shape index (κ1) is 18.6. The second-order valence-electron chi connectivity index (χ2n) is 7.32. The first-order valence-electron chi connectivity index (χ1n) is 9.01. The Kier molecular flexibility index (Phi) is 5.18. The highest BCUT2D eigenvalue weighted by atomic mass is 32.2. The number of rotatable bonds is 4. The Morgan fingerprint density at radius 2 is 1.77 bits per heavy atom. The van der Waals surface area contributed by atoms with E-state index in [9.17, 15) is 8.42 Å². The van der Waals surface area contributed by atoms with Gasteiger partial charge in [0.15, 0.2) is 0 Å². The van der Waals surface area contributed by atoms with Crippen LogP contribution in [0.5, 0.6) is 0 Å². The lowest BCUT2D eigenvalue weighted by molar-refractivity contribution is 0.434. The Bertz CT molecular complexity index is 871. The number of piperidine rings is 1. The third-order valence-electron chi connectivity index (χ3n) is 4.98. The summed E-state index contributed by atoms with van der Waals surface area (Å²) in [6.07, 6.45) is 3.48. The standard InChI is InChI=1S/C19H26N4O2S/c1-13(2)15-4-6-16(7-5-15)26(24,25)17-12-21-19(22-18(17)20)23-10-8-14(3)9-11-23/h4-7,12-14H,8-11H2,1-3H3,(H2,20,21,22). The monoisotopic (exact) mass is 374 g/mol. The quantitative estimate of drug-likeness (QED) is 0.883. The predicted octanol–water partition coefficient (Wildman–Crippen LogP) is 3.25. The number of nitrogen functional groups attached to an aromatic ring is 1. The van der Waals surface area contributed by atoms with Crippen molar-refractivity contribution in [3.8, 4) is 0 Å². The van der Waals surface area contributed by atoms with Crippen molar-refractivity contribution in [3.05, 3.63) is 36.0 Å². The Labute approximate surface area is 155 Å². The van der Waals surface area contributed by atoms with E-state index in [2.05, 4.69) is 35.6 Å². The average Bonchev–Trinajstić information content (AvgIpc) is 2.62. The zero-order valence-corrected chi connectivity index (χ0v) is 16.3. The predicted molar refractivity (Wildman–Crippen MR) is 103 cm³/mol. The van der Waals surface area contributed by atoms with E-state index in [1.54, 1.807) is 12.1 Å². The summed E-state index contributed by atoms with van der Waals surface area (Å²) in [6, 6.07) is 6.89. The molecular weight excluding hydrogens is 348 g/mol. The van der Waals surface area contributed by atoms with Crippen LogP contribution in [0.3, 0.4) is 0 Å². The molecular formula is C19H26N4O2S. The molecule has 2 heterocycles. The number of hydrogen-bond acceptors (Lipinski definition) is 6. The lowest BCUT2D eigenvalue weighted by atomic mass is 10.00. The molecule has 0 bridgehead atoms. The average molecular weight is 375 g/mol. The van der Waals surface area contributed by atoms with Gasteiger partial charge in [0.25, 0.3) is 0 Å². The minimum atomic E-state index is -3.74. The molecule has 1 aromatic heterocycles. The Hall–Kier alpha value is -2.15. The molecule has 0 amide bonds. The van der Waals surface area contributed by atoms with Crippen LogP contribution in [0, 0.1) is 5.92 Å². The van der Waals surface area contributed by atoms with Gasteiger partial charge in [-0.05, 0) is 42.4 Å². The fourth-order valence-electron chi connectivity index (χ4n) is 3.10. The molecule has 140 valence electrons. The zero-order valence-electron chi connectivity index (χ0n) is 15.5. The molecule has 3 rings (SSSR count). The summed E-state index contributed by atoms with van der Waals surface area (Å²) >= 11 is 0. The first-order valence-corrected chi connectivity index (χ1v) is 10.5. The van der Waals surface area contributed by atoms with Gasteiger partial charge in [0.2, 0.25) is 15.8 Å². The van der Waals surface area contributed by atoms with Crippen molar-refractivity contribution >= 4 is 21.6 Å². The fraction of sp³-hybridized carbons (Fsp3) is 0.474. The van der Waals surface area contributed by atoms with E-state index in [-0.39, 0.29) is 15.6 Å². The molecule has 0 aliphatic carbocycles. The SMILES string of the molecule is CC1CCN(c2ncc(S(=O)(=O)c3ccc(C(C)C)cc3)c(N)n2)CC1. The maximum Gasteiger partial charge on any atom is 0.227 e. The van der Waals surface area contributed by atoms with Gasteiger partial charge < -0.3 is 10.6 Å². The van der Waals surface area contributed by atoms with Crippen molar-refractivity contribution in [2.75, 3.05) is 23.7 Å². The molecule has 0 atom stereocenters. The molecule has 0 radical (unpaired) electrons. The summed E-state index contributed by atoms with van der Waals surface area (Å²) in [6.45, 7) is 8.09. The summed E-state index contributed by atoms with van der Waals surface area (Å²) < 4.78 is 25.8. The van der Waals surface area contributed by atoms with Gasteiger partial charge in [-0.25, -0.2) is 13.4 Å². The maximum atomic E-state index is 12.9. The molecule has 1 fully saturated rings. The van der Waals surface area contributed by atoms with Crippen LogP contribution >= 0.6 is 0 Å². The number of aromatic nitrogens is 2. The number of nitrogens with zero attached hydrogens (tertiary/aromatic N) is 3. The van der Waals surface area contributed by atoms with Crippen LogP contribution in [-0.2, 0) is 9.84 Å². The van der Waals surface area contributed by atoms with Crippen LogP contribution in [-0.4, -0.2) is 31.5 Å². The second-order valence-corrected chi connectivity index (χ2v) is 9.23. The smallest absolute Gasteiger partial charge is 0.227 e. The highest BCUT2D eigenvalue weighted by Gasteiger charge is 2.24. The molecule has 0 spiro atoms. The maximum absolute atomic E-state index is 12.9. The lowest BCUT2D eigenvalue weighted by Crippen LogP contribution is -2.34. The molecule has 6 nitrogen and oxygen atoms in total. The first-order chi connectivity index (χ1) is 12.3. The minimum Gasteiger partial charge on any atom is -0.382 e. The molecule has 1 aliphatic rings. The summed E-state index contributed by atoms with van der Waals surface area (Å²) in [5, 5.41) is 0. The number of hydrogen-bond donors (Lipinski definition) is 1. The van der Waals surface area contributed by atoms with Crippen LogP contribution in [0.25, 0.3) is 0 Å². The third-order valence-corrected chi connectivity index (χ3v) is 6.77. The number of sulfone groups is 1. The van der Waals surface area contributed by atoms with E-state index < -0.39 is 9.84 Å². The third kappa shape index (κ3) is 3.67. The molecule has 1 aromatic carbocycles. The van der Waals surface area contributed by atoms with Crippen molar-refractivity contribution in [1.82, 2.24) is 9.97 Å². The summed E-state index contributed by atoms with van der Waals surface area (Å²) in [5.41, 5.74) is 7.09. The van der Waals surface area contributed by atoms with Gasteiger partial charge in [-0.1, -0.05) is 32.9 Å². The summed E-state index contributed by atoms with van der Waals surface area (Å²) in [4.78, 5) is 10.8. The van der Waals surface area contributed by atoms with Gasteiger partial charge in [0, 0.05) is 13.1 Å². The van der Waals surface area contributed by atoms with Crippen molar-refractivity contribution in [1.29, 1.82) is 0 Å². The van der Waals surface area contributed by atoms with Crippen LogP contribution in [0.2, 0.25) is 0 Å². The molecule has 0 unspecified atom stereocenters. The highest BCUT2D eigenvalue weighted by molar-refractivity contribution is 7.91. The molecule has 0 saturated carbocycles. The van der Waals surface area contributed by atoms with Crippen LogP contribution < -0.4 is 10.6 Å². The van der Waals surface area contributed by atoms with Gasteiger partial charge in [-0.2, -0.15) is 4.98 Å². The normalized spacial score (nSPS) is 16.2. The number of benzene rings is 1. The Morgan fingerprint density at radius 3 is 2.31 bits per heavy atom. The van der Waals surface area contributed by atoms with Gasteiger partial charge in [-0.15, -0.1) is 0 Å². The minimum absolute atomic E-state index is 0.00144. The topological polar surface area (TPSA) is 89.2 Å². The van der Waals surface area contributed by atoms with Crippen molar-refractivity contribution in [3.63, 3.8) is 0 Å². The van der Waals surface area contributed by atoms with E-state index in [4.69, 9.17) is 5.73 Å². The lowest BCUT2D eigenvalue weighted by Gasteiger charge is -2.30. The van der Waals surface area contributed by atoms with Crippen LogP contribution in [0.15, 0.2) is 40.3 Å². The van der Waals surface area contributed by atoms with Gasteiger partial charge in [0.1, 0.15) is 10.7 Å². The second kappa shape index (κ2) is 7.23. The molecule has 2 N–H and O–H groups in total. The molecule has 26 heavy (non-hydrogen) atoms. The fourth-order valence-corrected chi connectivity index (χ4v) is 4.36. The van der Waals surface area contributed by atoms with Crippen LogP contribution in [0.4, 0.5) is 11.8 Å². The van der Waals surface area contributed by atoms with E-state index in [0.717, 1.165) is 31.5 Å². The van der Waals surface area contributed by atoms with Crippen molar-refractivity contribution < 1.29 is 8.42 Å². The molecule has 2 aromatic rings. The molecule has 1 saturated heterocycles. The van der Waals surface area contributed by atoms with E-state index in [0.29, 0.717) is 17.8 Å². The van der Waals surface area contributed by atoms with Gasteiger partial charge in [-0.3, -0.25) is 0 Å². The molecule has 7 heteroatoms. The summed E-state index contributed by atoms with van der Waals surface area (Å²) in [7, 11) is -3.74. The molecule has 1 aliphatic heterocycles. The van der Waals surface area contributed by atoms with Crippen molar-refractivity contribution in [2.45, 2.75) is 49.3 Å². The van der Waals surface area contributed by atoms with Gasteiger partial charge in [0.05, 0.1) is 11.1 Å². The van der Waals surface area contributed by atoms with Gasteiger partial charge >= 0.3 is 0 Å². The van der Waals surface area contributed by atoms with Crippen LogP contribution in [0.1, 0.15) is 45.1 Å². The highest BCUT2D eigenvalue weighted by Crippen LogP contribution is 2.28.